The summed E-state index contributed by atoms with van der Waals surface area (Å²) in [7, 11) is -8.49. The van der Waals surface area contributed by atoms with Crippen molar-refractivity contribution in [2.75, 3.05) is 21.1 Å². The molecule has 0 fully saturated rings. The van der Waals surface area contributed by atoms with Gasteiger partial charge < -0.3 is 4.72 Å². The number of halogens is 1. The molecule has 0 aromatic carbocycles. The fourth-order valence-corrected chi connectivity index (χ4v) is 6.20. The van der Waals surface area contributed by atoms with Crippen LogP contribution in [0.1, 0.15) is 0 Å². The van der Waals surface area contributed by atoms with Crippen LogP contribution in [0.25, 0.3) is 4.72 Å². The van der Waals surface area contributed by atoms with Crippen molar-refractivity contribution in [3.63, 3.8) is 0 Å². The third-order valence-corrected chi connectivity index (χ3v) is 7.29. The first kappa shape index (κ1) is 12.8. The van der Waals surface area contributed by atoms with E-state index in [0.717, 1.165) is 11.4 Å². The molecule has 1 rings (SSSR count). The molecular weight excluding hydrogens is 269 g/mol. The highest BCUT2D eigenvalue weighted by Crippen LogP contribution is 2.23. The minimum Gasteiger partial charge on any atom is -0.548 e. The Balaban J connectivity index is 3.74. The third kappa shape index (κ3) is 2.63. The van der Waals surface area contributed by atoms with Gasteiger partial charge in [-0.3, -0.25) is 0 Å². The summed E-state index contributed by atoms with van der Waals surface area (Å²) in [5.74, 6) is 0. The van der Waals surface area contributed by atoms with Crippen molar-refractivity contribution in [1.82, 2.24) is 4.31 Å². The molecule has 12 heteroatoms. The molecule has 0 aromatic rings. The predicted octanol–water partition coefficient (Wildman–Crippen LogP) is 0.429. The number of rotatable bonds is 2. The Kier molecular flexibility index (Phi) is 3.08. The predicted molar refractivity (Wildman–Crippen MR) is 55.8 cm³/mol. The van der Waals surface area contributed by atoms with Gasteiger partial charge in [0.15, 0.2) is 0 Å². The van der Waals surface area contributed by atoms with E-state index in [1.165, 1.54) is 14.1 Å². The lowest BCUT2D eigenvalue weighted by molar-refractivity contribution is 0.592. The molecule has 1 heterocycles. The Bertz CT molecular complexity index is 613. The first-order valence-corrected chi connectivity index (χ1v) is 7.69. The van der Waals surface area contributed by atoms with Crippen LogP contribution in [0.3, 0.4) is 0 Å². The van der Waals surface area contributed by atoms with Gasteiger partial charge in [0.25, 0.3) is 0 Å². The second-order valence-electron chi connectivity index (χ2n) is 2.59. The van der Waals surface area contributed by atoms with Crippen LogP contribution in [-0.4, -0.2) is 38.1 Å². The molecule has 0 aromatic heterocycles. The van der Waals surface area contributed by atoms with Crippen LogP contribution in [0.5, 0.6) is 0 Å². The van der Waals surface area contributed by atoms with Gasteiger partial charge in [-0.1, -0.05) is 7.54 Å². The van der Waals surface area contributed by atoms with Gasteiger partial charge in [-0.15, -0.1) is 7.65 Å². The van der Waals surface area contributed by atoms with Gasteiger partial charge in [0, 0.05) is 14.1 Å². The quantitative estimate of drug-likeness (QED) is 0.683. The zero-order valence-electron chi connectivity index (χ0n) is 8.06. The van der Waals surface area contributed by atoms with Gasteiger partial charge >= 0.3 is 10.3 Å². The highest BCUT2D eigenvalue weighted by molar-refractivity contribution is 8.13. The Morgan fingerprint density at radius 1 is 1.13 bits per heavy atom. The summed E-state index contributed by atoms with van der Waals surface area (Å²) < 4.78 is 60.2. The maximum atomic E-state index is 13.1. The molecular formula is C3H9FN5O3S3-. The van der Waals surface area contributed by atoms with Gasteiger partial charge in [-0.05, 0) is 0 Å². The summed E-state index contributed by atoms with van der Waals surface area (Å²) in [4.78, 5) is 0. The Hall–Kier alpha value is -0.300. The summed E-state index contributed by atoms with van der Waals surface area (Å²) in [6.07, 6.45) is 0. The van der Waals surface area contributed by atoms with Crippen molar-refractivity contribution in [2.45, 2.75) is 0 Å². The summed E-state index contributed by atoms with van der Waals surface area (Å²) >= 11 is 0. The highest BCUT2D eigenvalue weighted by atomic mass is 32.3. The molecule has 3 atom stereocenters. The lowest BCUT2D eigenvalue weighted by atomic mass is 11.3. The molecule has 0 saturated heterocycles. The average molecular weight is 278 g/mol. The van der Waals surface area contributed by atoms with Crippen LogP contribution in [0.2, 0.25) is 0 Å². The average Bonchev–Trinajstić information content (AvgIpc) is 1.99. The normalized spacial score (nSPS) is 45.4. The maximum Gasteiger partial charge on any atom is 0.335 e. The third-order valence-electron chi connectivity index (χ3n) is 1.29. The van der Waals surface area contributed by atoms with E-state index in [2.05, 4.69) is 16.0 Å². The van der Waals surface area contributed by atoms with E-state index in [0.29, 0.717) is 0 Å². The summed E-state index contributed by atoms with van der Waals surface area (Å²) in [5, 5.41) is 0. The van der Waals surface area contributed by atoms with E-state index >= 15 is 0 Å². The Morgan fingerprint density at radius 3 is 2.07 bits per heavy atom. The zero-order chi connectivity index (χ0) is 11.9. The summed E-state index contributed by atoms with van der Waals surface area (Å²) in [6.45, 7) is 0. The first-order chi connectivity index (χ1) is 6.63. The van der Waals surface area contributed by atoms with Crippen LogP contribution in [0.15, 0.2) is 11.3 Å². The standard InChI is InChI=1S/C3H9FN5O3S3/c1-5-14(11)6-13(4,10)7-15(12,8-14)9(2)3/h1-3H3/q-1. The van der Waals surface area contributed by atoms with Gasteiger partial charge in [-0.25, -0.2) is 12.7 Å². The second kappa shape index (κ2) is 3.62. The van der Waals surface area contributed by atoms with Crippen LogP contribution in [0.4, 0.5) is 3.89 Å². The van der Waals surface area contributed by atoms with Crippen molar-refractivity contribution >= 4 is 30.5 Å². The monoisotopic (exact) mass is 278 g/mol. The minimum absolute atomic E-state index is 0.908. The first-order valence-electron chi connectivity index (χ1n) is 3.46. The minimum atomic E-state index is -4.64. The molecule has 1 aliphatic heterocycles. The van der Waals surface area contributed by atoms with Crippen LogP contribution < -0.4 is 0 Å². The van der Waals surface area contributed by atoms with Crippen LogP contribution in [0, 0.1) is 0 Å². The highest BCUT2D eigenvalue weighted by Gasteiger charge is 2.23. The number of hydrogen-bond donors (Lipinski definition) is 0. The van der Waals surface area contributed by atoms with Crippen LogP contribution >= 0.6 is 0 Å². The van der Waals surface area contributed by atoms with Crippen molar-refractivity contribution in [3.05, 3.63) is 4.72 Å². The van der Waals surface area contributed by atoms with Crippen molar-refractivity contribution in [3.8, 4) is 0 Å². The number of hydrogen-bond acceptors (Lipinski definition) is 3. The molecule has 0 aliphatic carbocycles. The van der Waals surface area contributed by atoms with Gasteiger partial charge in [0.2, 0.25) is 10.1 Å². The molecule has 0 saturated carbocycles. The van der Waals surface area contributed by atoms with Gasteiger partial charge in [0.05, 0.1) is 10.1 Å². The molecule has 90 valence electrons. The topological polar surface area (TPSA) is 106 Å². The molecule has 3 unspecified atom stereocenters. The lowest BCUT2D eigenvalue weighted by Crippen LogP contribution is -2.23. The van der Waals surface area contributed by atoms with E-state index in [1.807, 2.05) is 0 Å². The van der Waals surface area contributed by atoms with Crippen LogP contribution in [-0.2, 0) is 30.5 Å². The van der Waals surface area contributed by atoms with E-state index < -0.39 is 30.5 Å². The maximum absolute atomic E-state index is 13.1. The van der Waals surface area contributed by atoms with Crippen molar-refractivity contribution in [2.24, 2.45) is 11.3 Å². The molecule has 0 bridgehead atoms. The van der Waals surface area contributed by atoms with E-state index in [-0.39, 0.29) is 0 Å². The summed E-state index contributed by atoms with van der Waals surface area (Å²) in [6, 6.07) is 0. The lowest BCUT2D eigenvalue weighted by Gasteiger charge is -2.21. The molecule has 1 aliphatic rings. The second-order valence-corrected chi connectivity index (χ2v) is 8.21. The van der Waals surface area contributed by atoms with E-state index in [1.54, 1.807) is 0 Å². The molecule has 15 heavy (non-hydrogen) atoms. The summed E-state index contributed by atoms with van der Waals surface area (Å²) in [5.41, 5.74) is 0. The van der Waals surface area contributed by atoms with Crippen molar-refractivity contribution in [1.29, 1.82) is 0 Å². The van der Waals surface area contributed by atoms with E-state index in [4.69, 9.17) is 0 Å². The Morgan fingerprint density at radius 2 is 1.67 bits per heavy atom. The smallest absolute Gasteiger partial charge is 0.335 e. The van der Waals surface area contributed by atoms with Gasteiger partial charge in [-0.2, -0.15) is 11.3 Å². The Labute approximate surface area is 88.7 Å². The van der Waals surface area contributed by atoms with E-state index in [9.17, 15) is 16.5 Å². The largest absolute Gasteiger partial charge is 0.548 e. The molecule has 0 N–H and O–H groups in total. The fourth-order valence-electron chi connectivity index (χ4n) is 0.607. The molecule has 0 radical (unpaired) electrons. The molecule has 0 amide bonds. The fraction of sp³-hybridized carbons (Fsp3) is 1.00. The zero-order valence-corrected chi connectivity index (χ0v) is 10.5. The molecule has 0 spiro atoms. The molecule has 8 nitrogen and oxygen atoms in total. The van der Waals surface area contributed by atoms with Gasteiger partial charge in [0.1, 0.15) is 0 Å². The van der Waals surface area contributed by atoms with Crippen molar-refractivity contribution < 1.29 is 16.5 Å². The number of nitrogens with zero attached hydrogens (tertiary/aromatic N) is 5. The SMILES string of the molecule is C[N-]S1(=O)=NS(=O)(F)=NS(=O)(N(C)C)=N1.